The van der Waals surface area contributed by atoms with E-state index in [1.807, 2.05) is 12.1 Å². The molecule has 0 radical (unpaired) electrons. The summed E-state index contributed by atoms with van der Waals surface area (Å²) >= 11 is 5.96. The fourth-order valence-electron chi connectivity index (χ4n) is 3.38. The first-order valence-corrected chi connectivity index (χ1v) is 9.00. The Labute approximate surface area is 157 Å². The summed E-state index contributed by atoms with van der Waals surface area (Å²) in [6, 6.07) is 5.88. The van der Waals surface area contributed by atoms with Crippen molar-refractivity contribution in [1.82, 2.24) is 10.3 Å². The van der Waals surface area contributed by atoms with Gasteiger partial charge in [-0.2, -0.15) is 0 Å². The van der Waals surface area contributed by atoms with Gasteiger partial charge in [-0.3, -0.25) is 0 Å². The molecule has 1 aromatic heterocycles. The van der Waals surface area contributed by atoms with Crippen molar-refractivity contribution in [2.45, 2.75) is 25.7 Å². The highest BCUT2D eigenvalue weighted by molar-refractivity contribution is 6.29. The normalized spacial score (nSPS) is 19.0. The van der Waals surface area contributed by atoms with E-state index < -0.39 is 11.9 Å². The van der Waals surface area contributed by atoms with E-state index >= 15 is 0 Å². The van der Waals surface area contributed by atoms with Crippen LogP contribution in [0, 0.1) is 5.41 Å². The average Bonchev–Trinajstić information content (AvgIpc) is 2.62. The first-order chi connectivity index (χ1) is 12.4. The van der Waals surface area contributed by atoms with Crippen molar-refractivity contribution in [3.05, 3.63) is 35.5 Å². The van der Waals surface area contributed by atoms with Crippen LogP contribution in [0.2, 0.25) is 5.15 Å². The Balaban J connectivity index is 0.000000260. The van der Waals surface area contributed by atoms with Crippen LogP contribution in [0.5, 0.6) is 0 Å². The van der Waals surface area contributed by atoms with Crippen LogP contribution in [0.1, 0.15) is 25.7 Å². The van der Waals surface area contributed by atoms with Crippen LogP contribution in [-0.4, -0.2) is 53.3 Å². The molecule has 2 aliphatic rings. The molecule has 2 saturated heterocycles. The van der Waals surface area contributed by atoms with Gasteiger partial charge < -0.3 is 20.4 Å². The summed E-state index contributed by atoms with van der Waals surface area (Å²) in [6.07, 6.45) is 6.38. The van der Waals surface area contributed by atoms with Gasteiger partial charge in [-0.15, -0.1) is 0 Å². The molecule has 0 amide bonds. The first kappa shape index (κ1) is 20.2. The van der Waals surface area contributed by atoms with Gasteiger partial charge in [0.25, 0.3) is 0 Å². The first-order valence-electron chi connectivity index (χ1n) is 8.62. The second-order valence-electron chi connectivity index (χ2n) is 6.57. The van der Waals surface area contributed by atoms with Gasteiger partial charge in [0.2, 0.25) is 0 Å². The van der Waals surface area contributed by atoms with Crippen LogP contribution < -0.4 is 10.2 Å². The fraction of sp³-hybridized carbons (Fsp3) is 0.500. The van der Waals surface area contributed by atoms with Crippen molar-refractivity contribution in [1.29, 1.82) is 0 Å². The van der Waals surface area contributed by atoms with Crippen molar-refractivity contribution < 1.29 is 19.8 Å². The van der Waals surface area contributed by atoms with Crippen LogP contribution in [0.3, 0.4) is 0 Å². The van der Waals surface area contributed by atoms with Gasteiger partial charge in [0.15, 0.2) is 0 Å². The zero-order valence-corrected chi connectivity index (χ0v) is 15.3. The predicted octanol–water partition coefficient (Wildman–Crippen LogP) is 2.42. The monoisotopic (exact) mass is 381 g/mol. The molecule has 2 aliphatic heterocycles. The van der Waals surface area contributed by atoms with Gasteiger partial charge in [0.05, 0.1) is 0 Å². The summed E-state index contributed by atoms with van der Waals surface area (Å²) in [5.41, 5.74) is 0.598. The highest BCUT2D eigenvalue weighted by Crippen LogP contribution is 2.40. The molecule has 0 bridgehead atoms. The number of carbonyl (C=O) groups is 2. The lowest BCUT2D eigenvalue weighted by Gasteiger charge is -2.44. The number of hydrogen-bond donors (Lipinski definition) is 3. The van der Waals surface area contributed by atoms with Crippen LogP contribution in [0.25, 0.3) is 0 Å². The minimum absolute atomic E-state index is 0.558. The summed E-state index contributed by atoms with van der Waals surface area (Å²) in [6.45, 7) is 4.62. The minimum atomic E-state index is -1.26. The third-order valence-corrected chi connectivity index (χ3v) is 5.09. The van der Waals surface area contributed by atoms with Crippen molar-refractivity contribution in [2.75, 3.05) is 31.1 Å². The number of carboxylic acid groups (broad SMARTS) is 2. The van der Waals surface area contributed by atoms with Gasteiger partial charge in [-0.1, -0.05) is 17.7 Å². The standard InChI is InChI=1S/C14H20ClN3.C4H4O4/c15-12-2-1-3-13(17-12)18-10-6-14(7-11-18)4-8-16-9-5-14;5-3(6)1-2-4(7)8/h1-3,16H,4-11H2;1-2H,(H,5,6)(H,7,8)/b;2-1+. The third kappa shape index (κ3) is 6.31. The second-order valence-corrected chi connectivity index (χ2v) is 6.95. The molecule has 0 unspecified atom stereocenters. The molecule has 3 heterocycles. The van der Waals surface area contributed by atoms with E-state index in [-0.39, 0.29) is 0 Å². The molecule has 1 spiro atoms. The van der Waals surface area contributed by atoms with E-state index in [1.165, 1.54) is 38.8 Å². The molecule has 0 aromatic carbocycles. The molecular formula is C18H24ClN3O4. The summed E-state index contributed by atoms with van der Waals surface area (Å²) < 4.78 is 0. The maximum absolute atomic E-state index is 9.55. The summed E-state index contributed by atoms with van der Waals surface area (Å²) in [5.74, 6) is -1.48. The molecule has 3 rings (SSSR count). The zero-order chi connectivity index (χ0) is 19.0. The SMILES string of the molecule is Clc1cccc(N2CCC3(CCNCC3)CC2)n1.O=C(O)/C=C/C(=O)O. The van der Waals surface area contributed by atoms with Crippen LogP contribution >= 0.6 is 11.6 Å². The zero-order valence-electron chi connectivity index (χ0n) is 14.5. The number of hydrogen-bond acceptors (Lipinski definition) is 5. The van der Waals surface area contributed by atoms with Gasteiger partial charge in [-0.05, 0) is 56.3 Å². The number of pyridine rings is 1. The minimum Gasteiger partial charge on any atom is -0.478 e. The van der Waals surface area contributed by atoms with Crippen molar-refractivity contribution >= 4 is 29.4 Å². The number of aromatic nitrogens is 1. The maximum atomic E-state index is 9.55. The Hall–Kier alpha value is -2.12. The molecule has 0 atom stereocenters. The van der Waals surface area contributed by atoms with E-state index in [4.69, 9.17) is 21.8 Å². The van der Waals surface area contributed by atoms with Gasteiger partial charge in [-0.25, -0.2) is 14.6 Å². The molecule has 3 N–H and O–H groups in total. The quantitative estimate of drug-likeness (QED) is 0.545. The summed E-state index contributed by atoms with van der Waals surface area (Å²) in [7, 11) is 0. The van der Waals surface area contributed by atoms with Crippen LogP contribution in [0.15, 0.2) is 30.4 Å². The van der Waals surface area contributed by atoms with Crippen LogP contribution in [-0.2, 0) is 9.59 Å². The molecule has 1 aromatic rings. The highest BCUT2D eigenvalue weighted by Gasteiger charge is 2.35. The van der Waals surface area contributed by atoms with Gasteiger partial charge in [0, 0.05) is 25.2 Å². The Morgan fingerprint density at radius 1 is 1.08 bits per heavy atom. The number of nitrogens with zero attached hydrogens (tertiary/aromatic N) is 2. The van der Waals surface area contributed by atoms with Crippen molar-refractivity contribution in [2.24, 2.45) is 5.41 Å². The average molecular weight is 382 g/mol. The number of piperidine rings is 2. The van der Waals surface area contributed by atoms with Gasteiger partial charge in [0.1, 0.15) is 11.0 Å². The molecule has 142 valence electrons. The number of rotatable bonds is 3. The number of nitrogens with one attached hydrogen (secondary N) is 1. The largest absolute Gasteiger partial charge is 0.478 e. The van der Waals surface area contributed by atoms with E-state index in [0.29, 0.717) is 22.7 Å². The van der Waals surface area contributed by atoms with Crippen molar-refractivity contribution in [3.63, 3.8) is 0 Å². The van der Waals surface area contributed by atoms with E-state index in [1.54, 1.807) is 0 Å². The fourth-order valence-corrected chi connectivity index (χ4v) is 3.54. The molecule has 0 saturated carbocycles. The summed E-state index contributed by atoms with van der Waals surface area (Å²) in [4.78, 5) is 25.9. The molecule has 2 fully saturated rings. The van der Waals surface area contributed by atoms with E-state index in [9.17, 15) is 9.59 Å². The smallest absolute Gasteiger partial charge is 0.328 e. The lowest BCUT2D eigenvalue weighted by atomic mass is 9.71. The summed E-state index contributed by atoms with van der Waals surface area (Å²) in [5, 5.41) is 19.7. The third-order valence-electron chi connectivity index (χ3n) is 4.88. The maximum Gasteiger partial charge on any atom is 0.328 e. The molecule has 7 nitrogen and oxygen atoms in total. The predicted molar refractivity (Wildman–Crippen MR) is 99.6 cm³/mol. The second kappa shape index (κ2) is 9.54. The van der Waals surface area contributed by atoms with E-state index in [0.717, 1.165) is 18.9 Å². The highest BCUT2D eigenvalue weighted by atomic mass is 35.5. The molecule has 26 heavy (non-hydrogen) atoms. The molecular weight excluding hydrogens is 358 g/mol. The molecule has 8 heteroatoms. The van der Waals surface area contributed by atoms with Crippen LogP contribution in [0.4, 0.5) is 5.82 Å². The number of aliphatic carboxylic acids is 2. The van der Waals surface area contributed by atoms with Gasteiger partial charge >= 0.3 is 11.9 Å². The Morgan fingerprint density at radius 2 is 1.65 bits per heavy atom. The molecule has 0 aliphatic carbocycles. The topological polar surface area (TPSA) is 103 Å². The Bertz CT molecular complexity index is 634. The lowest BCUT2D eigenvalue weighted by Crippen LogP contribution is -2.45. The lowest BCUT2D eigenvalue weighted by molar-refractivity contribution is -0.134. The van der Waals surface area contributed by atoms with E-state index in [2.05, 4.69) is 21.3 Å². The van der Waals surface area contributed by atoms with Crippen molar-refractivity contribution in [3.8, 4) is 0 Å². The number of carboxylic acids is 2. The number of anilines is 1. The Kier molecular flexibility index (Phi) is 7.41. The number of halogens is 1. The Morgan fingerprint density at radius 3 is 2.15 bits per heavy atom.